The van der Waals surface area contributed by atoms with Crippen molar-refractivity contribution >= 4 is 33.3 Å². The predicted octanol–water partition coefficient (Wildman–Crippen LogP) is 3.03. The van der Waals surface area contributed by atoms with E-state index in [2.05, 4.69) is 0 Å². The van der Waals surface area contributed by atoms with Gasteiger partial charge in [0.25, 0.3) is 10.1 Å². The fourth-order valence-electron chi connectivity index (χ4n) is 1.13. The van der Waals surface area contributed by atoms with E-state index in [0.717, 1.165) is 6.26 Å². The van der Waals surface area contributed by atoms with Crippen LogP contribution >= 0.6 is 23.2 Å². The van der Waals surface area contributed by atoms with E-state index in [-0.39, 0.29) is 0 Å². The number of hydrogen-bond donors (Lipinski definition) is 0. The molecule has 84 valence electrons. The predicted molar refractivity (Wildman–Crippen MR) is 60.8 cm³/mol. The molecule has 0 N–H and O–H groups in total. The second-order valence-corrected chi connectivity index (χ2v) is 5.62. The Bertz CT molecular complexity index is 436. The second kappa shape index (κ2) is 4.70. The monoisotopic (exact) mass is 268 g/mol. The Morgan fingerprint density at radius 3 is 2.07 bits per heavy atom. The number of halogens is 2. The van der Waals surface area contributed by atoms with E-state index in [1.54, 1.807) is 25.1 Å². The van der Waals surface area contributed by atoms with Gasteiger partial charge in [0.05, 0.1) is 12.4 Å². The van der Waals surface area contributed by atoms with E-state index in [1.807, 2.05) is 0 Å². The van der Waals surface area contributed by atoms with Crippen molar-refractivity contribution in [3.05, 3.63) is 33.8 Å². The third-order valence-corrected chi connectivity index (χ3v) is 2.75. The van der Waals surface area contributed by atoms with Crippen LogP contribution in [0.5, 0.6) is 0 Å². The summed E-state index contributed by atoms with van der Waals surface area (Å²) in [4.78, 5) is 0. The van der Waals surface area contributed by atoms with E-state index in [1.165, 1.54) is 0 Å². The molecule has 1 unspecified atom stereocenters. The molecule has 1 aromatic rings. The molecule has 0 fully saturated rings. The molecule has 6 heteroatoms. The first-order valence-electron chi connectivity index (χ1n) is 4.12. The van der Waals surface area contributed by atoms with Crippen LogP contribution < -0.4 is 0 Å². The average Bonchev–Trinajstić information content (AvgIpc) is 1.98. The van der Waals surface area contributed by atoms with Gasteiger partial charge in [-0.3, -0.25) is 4.18 Å². The Hall–Kier alpha value is -0.290. The van der Waals surface area contributed by atoms with Gasteiger partial charge in [-0.25, -0.2) is 0 Å². The van der Waals surface area contributed by atoms with E-state index in [9.17, 15) is 8.42 Å². The molecular weight excluding hydrogens is 259 g/mol. The molecule has 1 rings (SSSR count). The lowest BCUT2D eigenvalue weighted by Gasteiger charge is -2.11. The van der Waals surface area contributed by atoms with E-state index in [4.69, 9.17) is 27.4 Å². The van der Waals surface area contributed by atoms with Gasteiger partial charge in [-0.15, -0.1) is 0 Å². The molecule has 15 heavy (non-hydrogen) atoms. The average molecular weight is 269 g/mol. The van der Waals surface area contributed by atoms with Gasteiger partial charge in [0, 0.05) is 10.0 Å². The molecule has 0 radical (unpaired) electrons. The molecule has 0 heterocycles. The number of hydrogen-bond acceptors (Lipinski definition) is 3. The van der Waals surface area contributed by atoms with Crippen LogP contribution in [-0.2, 0) is 14.3 Å². The minimum absolute atomic E-state index is 0.446. The highest BCUT2D eigenvalue weighted by Crippen LogP contribution is 2.26. The second-order valence-electron chi connectivity index (χ2n) is 3.15. The zero-order valence-electron chi connectivity index (χ0n) is 8.20. The maximum atomic E-state index is 10.9. The highest BCUT2D eigenvalue weighted by Gasteiger charge is 2.13. The van der Waals surface area contributed by atoms with Crippen LogP contribution in [0.1, 0.15) is 18.6 Å². The van der Waals surface area contributed by atoms with Crippen molar-refractivity contribution in [3.8, 4) is 0 Å². The Morgan fingerprint density at radius 1 is 1.20 bits per heavy atom. The van der Waals surface area contributed by atoms with Gasteiger partial charge in [0.2, 0.25) is 0 Å². The fraction of sp³-hybridized carbons (Fsp3) is 0.333. The molecule has 0 aliphatic carbocycles. The van der Waals surface area contributed by atoms with Gasteiger partial charge < -0.3 is 0 Å². The summed E-state index contributed by atoms with van der Waals surface area (Å²) in [5, 5.41) is 0.892. The summed E-state index contributed by atoms with van der Waals surface area (Å²) in [7, 11) is -3.48. The lowest BCUT2D eigenvalue weighted by atomic mass is 10.1. The first-order chi connectivity index (χ1) is 6.78. The molecule has 0 spiro atoms. The Labute approximate surface area is 99.1 Å². The van der Waals surface area contributed by atoms with Crippen LogP contribution in [0.3, 0.4) is 0 Å². The van der Waals surface area contributed by atoms with E-state index >= 15 is 0 Å². The lowest BCUT2D eigenvalue weighted by Crippen LogP contribution is -2.07. The molecule has 1 atom stereocenters. The minimum Gasteiger partial charge on any atom is -0.262 e. The van der Waals surface area contributed by atoms with Gasteiger partial charge >= 0.3 is 0 Å². The SMILES string of the molecule is CC(OS(C)(=O)=O)c1cc(Cl)cc(Cl)c1. The normalized spacial score (nSPS) is 13.9. The van der Waals surface area contributed by atoms with Gasteiger partial charge in [-0.05, 0) is 30.7 Å². The minimum atomic E-state index is -3.48. The summed E-state index contributed by atoms with van der Waals surface area (Å²) in [6.45, 7) is 1.61. The van der Waals surface area contributed by atoms with E-state index < -0.39 is 16.2 Å². The summed E-state index contributed by atoms with van der Waals surface area (Å²) < 4.78 is 26.6. The van der Waals surface area contributed by atoms with E-state index in [0.29, 0.717) is 15.6 Å². The van der Waals surface area contributed by atoms with Crippen LogP contribution in [-0.4, -0.2) is 14.7 Å². The van der Waals surface area contributed by atoms with Crippen LogP contribution in [0.25, 0.3) is 0 Å². The third-order valence-electron chi connectivity index (χ3n) is 1.67. The smallest absolute Gasteiger partial charge is 0.262 e. The molecular formula is C9H10Cl2O3S. The highest BCUT2D eigenvalue weighted by atomic mass is 35.5. The maximum Gasteiger partial charge on any atom is 0.264 e. The van der Waals surface area contributed by atoms with Crippen LogP contribution in [0, 0.1) is 0 Å². The van der Waals surface area contributed by atoms with Crippen molar-refractivity contribution in [2.24, 2.45) is 0 Å². The lowest BCUT2D eigenvalue weighted by molar-refractivity contribution is 0.237. The largest absolute Gasteiger partial charge is 0.264 e. The van der Waals surface area contributed by atoms with Gasteiger partial charge in [-0.1, -0.05) is 23.2 Å². The maximum absolute atomic E-state index is 10.9. The van der Waals surface area contributed by atoms with Crippen molar-refractivity contribution in [2.45, 2.75) is 13.0 Å². The topological polar surface area (TPSA) is 43.4 Å². The highest BCUT2D eigenvalue weighted by molar-refractivity contribution is 7.86. The van der Waals surface area contributed by atoms with Crippen molar-refractivity contribution in [2.75, 3.05) is 6.26 Å². The molecule has 1 aromatic carbocycles. The first kappa shape index (κ1) is 12.8. The molecule has 0 bridgehead atoms. The summed E-state index contributed by atoms with van der Waals surface area (Å²) >= 11 is 11.6. The zero-order valence-corrected chi connectivity index (χ0v) is 10.5. The van der Waals surface area contributed by atoms with Gasteiger partial charge in [-0.2, -0.15) is 8.42 Å². The zero-order chi connectivity index (χ0) is 11.6. The summed E-state index contributed by atoms with van der Waals surface area (Å²) in [6, 6.07) is 4.80. The van der Waals surface area contributed by atoms with Gasteiger partial charge in [0.1, 0.15) is 0 Å². The molecule has 0 amide bonds. The molecule has 3 nitrogen and oxygen atoms in total. The third kappa shape index (κ3) is 4.38. The van der Waals surface area contributed by atoms with Crippen molar-refractivity contribution < 1.29 is 12.6 Å². The number of benzene rings is 1. The Morgan fingerprint density at radius 2 is 1.67 bits per heavy atom. The fourth-order valence-corrected chi connectivity index (χ4v) is 2.31. The van der Waals surface area contributed by atoms with Crippen LogP contribution in [0.2, 0.25) is 10.0 Å². The van der Waals surface area contributed by atoms with Crippen molar-refractivity contribution in [1.29, 1.82) is 0 Å². The standard InChI is InChI=1S/C9H10Cl2O3S/c1-6(14-15(2,12)13)7-3-8(10)5-9(11)4-7/h3-6H,1-2H3. The molecule has 0 aliphatic rings. The summed E-state index contributed by atoms with van der Waals surface area (Å²) in [5.41, 5.74) is 0.623. The number of rotatable bonds is 3. The molecule has 0 saturated carbocycles. The Kier molecular flexibility index (Phi) is 4.00. The molecule has 0 aliphatic heterocycles. The summed E-state index contributed by atoms with van der Waals surface area (Å²) in [6.07, 6.45) is 0.395. The Balaban J connectivity index is 2.96. The van der Waals surface area contributed by atoms with Crippen LogP contribution in [0.4, 0.5) is 0 Å². The van der Waals surface area contributed by atoms with Crippen molar-refractivity contribution in [1.82, 2.24) is 0 Å². The quantitative estimate of drug-likeness (QED) is 0.792. The van der Waals surface area contributed by atoms with Crippen molar-refractivity contribution in [3.63, 3.8) is 0 Å². The van der Waals surface area contributed by atoms with Gasteiger partial charge in [0.15, 0.2) is 0 Å². The molecule has 0 aromatic heterocycles. The summed E-state index contributed by atoms with van der Waals surface area (Å²) in [5.74, 6) is 0. The first-order valence-corrected chi connectivity index (χ1v) is 6.69. The van der Waals surface area contributed by atoms with Crippen LogP contribution in [0.15, 0.2) is 18.2 Å². The molecule has 0 saturated heterocycles.